The number of nitrogens with zero attached hydrogens (tertiary/aromatic N) is 4. The van der Waals surface area contributed by atoms with E-state index in [1.807, 2.05) is 11.9 Å². The average molecular weight is 321 g/mol. The number of carbonyl (C=O) groups excluding carboxylic acids is 2. The third-order valence-corrected chi connectivity index (χ3v) is 3.98. The Bertz CT molecular complexity index is 642. The largest absolute Gasteiger partial charge is 0.359 e. The normalized spacial score (nSPS) is 19.3. The first-order chi connectivity index (χ1) is 10.9. The molecule has 0 saturated carbocycles. The minimum Gasteiger partial charge on any atom is -0.359 e. The van der Waals surface area contributed by atoms with E-state index in [0.717, 1.165) is 0 Å². The van der Waals surface area contributed by atoms with Gasteiger partial charge in [-0.1, -0.05) is 0 Å². The maximum Gasteiger partial charge on any atom is 0.267 e. The maximum absolute atomic E-state index is 12.5. The second-order valence-corrected chi connectivity index (χ2v) is 5.88. The smallest absolute Gasteiger partial charge is 0.267 e. The molecule has 2 heterocycles. The third-order valence-electron chi connectivity index (χ3n) is 3.98. The molecule has 1 unspecified atom stereocenters. The summed E-state index contributed by atoms with van der Waals surface area (Å²) < 4.78 is 1.17. The lowest BCUT2D eigenvalue weighted by molar-refractivity contribution is -0.133. The second kappa shape index (κ2) is 7.36. The lowest BCUT2D eigenvalue weighted by Crippen LogP contribution is -2.43. The molecule has 1 aromatic rings. The van der Waals surface area contributed by atoms with Gasteiger partial charge in [0.15, 0.2) is 0 Å². The summed E-state index contributed by atoms with van der Waals surface area (Å²) in [5, 5.41) is 6.72. The molecule has 8 heteroatoms. The monoisotopic (exact) mass is 321 g/mol. The van der Waals surface area contributed by atoms with Crippen molar-refractivity contribution in [3.05, 3.63) is 28.2 Å². The molecule has 1 saturated heterocycles. The Kier molecular flexibility index (Phi) is 5.49. The highest BCUT2D eigenvalue weighted by molar-refractivity contribution is 5.81. The van der Waals surface area contributed by atoms with E-state index in [2.05, 4.69) is 10.4 Å². The summed E-state index contributed by atoms with van der Waals surface area (Å²) >= 11 is 0. The number of amides is 2. The number of hydrogen-bond acceptors (Lipinski definition) is 5. The van der Waals surface area contributed by atoms with Crippen LogP contribution in [-0.2, 0) is 16.1 Å². The van der Waals surface area contributed by atoms with Crippen LogP contribution in [0.2, 0.25) is 0 Å². The van der Waals surface area contributed by atoms with E-state index in [-0.39, 0.29) is 29.8 Å². The van der Waals surface area contributed by atoms with E-state index < -0.39 is 0 Å². The summed E-state index contributed by atoms with van der Waals surface area (Å²) in [7, 11) is 3.52. The highest BCUT2D eigenvalue weighted by Gasteiger charge is 2.28. The van der Waals surface area contributed by atoms with Crippen LogP contribution in [0.1, 0.15) is 5.69 Å². The maximum atomic E-state index is 12.5. The number of rotatable bonds is 3. The molecule has 1 aliphatic heterocycles. The van der Waals surface area contributed by atoms with Crippen LogP contribution in [-0.4, -0.2) is 71.7 Å². The zero-order chi connectivity index (χ0) is 17.0. The van der Waals surface area contributed by atoms with Crippen LogP contribution < -0.4 is 10.9 Å². The van der Waals surface area contributed by atoms with Gasteiger partial charge in [-0.05, 0) is 20.0 Å². The zero-order valence-electron chi connectivity index (χ0n) is 13.8. The highest BCUT2D eigenvalue weighted by atomic mass is 16.2. The van der Waals surface area contributed by atoms with Gasteiger partial charge in [-0.3, -0.25) is 14.4 Å². The molecular formula is C15H23N5O3. The van der Waals surface area contributed by atoms with Crippen LogP contribution in [0.4, 0.5) is 0 Å². The number of aryl methyl sites for hydroxylation is 1. The van der Waals surface area contributed by atoms with Gasteiger partial charge in [0.1, 0.15) is 6.54 Å². The number of aromatic nitrogens is 2. The van der Waals surface area contributed by atoms with Crippen molar-refractivity contribution in [3.63, 3.8) is 0 Å². The first-order valence-corrected chi connectivity index (χ1v) is 7.63. The van der Waals surface area contributed by atoms with E-state index in [1.54, 1.807) is 24.9 Å². The average Bonchev–Trinajstić information content (AvgIpc) is 2.72. The van der Waals surface area contributed by atoms with Crippen LogP contribution in [0.15, 0.2) is 16.9 Å². The molecule has 126 valence electrons. The van der Waals surface area contributed by atoms with Crippen molar-refractivity contribution in [2.24, 2.45) is 5.92 Å². The molecule has 0 spiro atoms. The Balaban J connectivity index is 2.12. The van der Waals surface area contributed by atoms with Crippen molar-refractivity contribution in [2.45, 2.75) is 13.5 Å². The van der Waals surface area contributed by atoms with E-state index in [0.29, 0.717) is 31.9 Å². The fraction of sp³-hybridized carbons (Fsp3) is 0.600. The van der Waals surface area contributed by atoms with Crippen molar-refractivity contribution in [1.29, 1.82) is 0 Å². The number of carbonyl (C=O) groups is 2. The Labute approximate surface area is 135 Å². The van der Waals surface area contributed by atoms with Crippen molar-refractivity contribution in [1.82, 2.24) is 24.9 Å². The minimum absolute atomic E-state index is 0.0811. The van der Waals surface area contributed by atoms with Gasteiger partial charge in [-0.25, -0.2) is 4.68 Å². The summed E-state index contributed by atoms with van der Waals surface area (Å²) in [5.74, 6) is -0.560. The van der Waals surface area contributed by atoms with Crippen molar-refractivity contribution in [3.8, 4) is 0 Å². The van der Waals surface area contributed by atoms with Crippen molar-refractivity contribution in [2.75, 3.05) is 40.3 Å². The summed E-state index contributed by atoms with van der Waals surface area (Å²) in [6.07, 6.45) is 0. The predicted octanol–water partition coefficient (Wildman–Crippen LogP) is -1.31. The quantitative estimate of drug-likeness (QED) is 0.747. The van der Waals surface area contributed by atoms with Gasteiger partial charge in [-0.2, -0.15) is 5.10 Å². The Morgan fingerprint density at radius 1 is 1.30 bits per heavy atom. The highest BCUT2D eigenvalue weighted by Crippen LogP contribution is 2.09. The van der Waals surface area contributed by atoms with Gasteiger partial charge < -0.3 is 15.1 Å². The fourth-order valence-corrected chi connectivity index (χ4v) is 2.66. The van der Waals surface area contributed by atoms with Gasteiger partial charge in [0.25, 0.3) is 5.56 Å². The zero-order valence-corrected chi connectivity index (χ0v) is 13.8. The molecule has 0 aliphatic carbocycles. The molecule has 1 aromatic heterocycles. The molecule has 1 fully saturated rings. The second-order valence-electron chi connectivity index (χ2n) is 5.88. The standard InChI is InChI=1S/C15H23N5O3/c1-11-4-5-13(21)20(17-11)10-14(22)19-7-6-18(3)8-12(9-19)15(23)16-2/h4-5,12H,6-10H2,1-3H3,(H,16,23). The first-order valence-electron chi connectivity index (χ1n) is 7.63. The molecule has 0 bridgehead atoms. The third kappa shape index (κ3) is 4.38. The fourth-order valence-electron chi connectivity index (χ4n) is 2.66. The lowest BCUT2D eigenvalue weighted by Gasteiger charge is -2.23. The van der Waals surface area contributed by atoms with E-state index >= 15 is 0 Å². The molecule has 1 atom stereocenters. The SMILES string of the molecule is CNC(=O)C1CN(C)CCN(C(=O)Cn2nc(C)ccc2=O)C1. The van der Waals surface area contributed by atoms with Crippen LogP contribution in [0.3, 0.4) is 0 Å². The minimum atomic E-state index is -0.307. The molecule has 2 amide bonds. The molecule has 23 heavy (non-hydrogen) atoms. The van der Waals surface area contributed by atoms with E-state index in [1.165, 1.54) is 10.7 Å². The lowest BCUT2D eigenvalue weighted by atomic mass is 10.1. The molecule has 1 N–H and O–H groups in total. The summed E-state index contributed by atoms with van der Waals surface area (Å²) in [6.45, 7) is 3.84. The molecule has 0 aromatic carbocycles. The number of hydrogen-bond donors (Lipinski definition) is 1. The predicted molar refractivity (Wildman–Crippen MR) is 84.9 cm³/mol. The van der Waals surface area contributed by atoms with Crippen LogP contribution in [0, 0.1) is 12.8 Å². The van der Waals surface area contributed by atoms with Crippen molar-refractivity contribution >= 4 is 11.8 Å². The van der Waals surface area contributed by atoms with Gasteiger partial charge in [0.2, 0.25) is 11.8 Å². The summed E-state index contributed by atoms with van der Waals surface area (Å²) in [5.41, 5.74) is 0.370. The first kappa shape index (κ1) is 17.1. The van der Waals surface area contributed by atoms with Crippen molar-refractivity contribution < 1.29 is 9.59 Å². The summed E-state index contributed by atoms with van der Waals surface area (Å²) in [4.78, 5) is 39.9. The van der Waals surface area contributed by atoms with Gasteiger partial charge in [0.05, 0.1) is 11.6 Å². The van der Waals surface area contributed by atoms with Crippen LogP contribution >= 0.6 is 0 Å². The van der Waals surface area contributed by atoms with Gasteiger partial charge in [-0.15, -0.1) is 0 Å². The molecular weight excluding hydrogens is 298 g/mol. The molecule has 0 radical (unpaired) electrons. The Morgan fingerprint density at radius 3 is 2.74 bits per heavy atom. The van der Waals surface area contributed by atoms with Crippen LogP contribution in [0.5, 0.6) is 0 Å². The van der Waals surface area contributed by atoms with E-state index in [4.69, 9.17) is 0 Å². The van der Waals surface area contributed by atoms with Gasteiger partial charge in [0, 0.05) is 39.3 Å². The number of likely N-dealkylation sites (N-methyl/N-ethyl adjacent to an activating group) is 1. The summed E-state index contributed by atoms with van der Waals surface area (Å²) in [6, 6.07) is 3.02. The number of nitrogens with one attached hydrogen (secondary N) is 1. The van der Waals surface area contributed by atoms with Crippen LogP contribution in [0.25, 0.3) is 0 Å². The Morgan fingerprint density at radius 2 is 2.04 bits per heavy atom. The topological polar surface area (TPSA) is 87.5 Å². The molecule has 8 nitrogen and oxygen atoms in total. The van der Waals surface area contributed by atoms with E-state index in [9.17, 15) is 14.4 Å². The Hall–Kier alpha value is -2.22. The van der Waals surface area contributed by atoms with Gasteiger partial charge >= 0.3 is 0 Å². The molecule has 1 aliphatic rings. The molecule has 2 rings (SSSR count).